The Balaban J connectivity index is 1.45. The average Bonchev–Trinajstić information content (AvgIpc) is 3.23. The first-order valence-corrected chi connectivity index (χ1v) is 12.2. The largest absolute Gasteiger partial charge is 0.481 e. The number of aliphatic hydroxyl groups is 4. The second-order valence-electron chi connectivity index (χ2n) is 9.34. The number of hydrogen-bond acceptors (Lipinski definition) is 11. The second-order valence-corrected chi connectivity index (χ2v) is 9.34. The summed E-state index contributed by atoms with van der Waals surface area (Å²) >= 11 is 0. The second kappa shape index (κ2) is 13.0. The molecule has 38 heavy (non-hydrogen) atoms. The molecule has 0 radical (unpaired) electrons. The molecule has 7 N–H and O–H groups in total. The Hall–Kier alpha value is -3.30. The number of carboxylic acid groups (broad SMARTS) is 1. The number of rotatable bonds is 12. The van der Waals surface area contributed by atoms with Gasteiger partial charge in [0.05, 0.1) is 25.5 Å². The van der Waals surface area contributed by atoms with Gasteiger partial charge in [-0.1, -0.05) is 0 Å². The summed E-state index contributed by atoms with van der Waals surface area (Å²) in [5, 5.41) is 54.3. The molecule has 2 saturated heterocycles. The Morgan fingerprint density at radius 1 is 1.03 bits per heavy atom. The topological polar surface area (TPSA) is 215 Å². The van der Waals surface area contributed by atoms with Crippen molar-refractivity contribution in [1.82, 2.24) is 10.6 Å². The highest BCUT2D eigenvalue weighted by Crippen LogP contribution is 2.34. The van der Waals surface area contributed by atoms with E-state index in [-0.39, 0.29) is 5.56 Å². The standard InChI is InChI=1S/C24H33N3O11/c28-16(20(33)21(34)17(29)12-37-19(32)6-5-18(30)31)11-26-22(35)14-1-3-15(4-2-14)27-13-24(38-23(27)36)7-9-25-10-8-24/h1-4,16-17,20-21,25,28-29,33-34H,5-13H2,(H,26,35)(H,30,31)/t16-,17+,20+,21+/m0/s1. The van der Waals surface area contributed by atoms with Crippen molar-refractivity contribution in [3.8, 4) is 0 Å². The molecular formula is C24H33N3O11. The van der Waals surface area contributed by atoms with Crippen molar-refractivity contribution in [3.05, 3.63) is 29.8 Å². The molecule has 4 atom stereocenters. The van der Waals surface area contributed by atoms with E-state index in [0.29, 0.717) is 25.1 Å². The predicted molar refractivity (Wildman–Crippen MR) is 129 cm³/mol. The third-order valence-corrected chi connectivity index (χ3v) is 6.49. The highest BCUT2D eigenvalue weighted by Gasteiger charge is 2.46. The summed E-state index contributed by atoms with van der Waals surface area (Å²) in [6, 6.07) is 6.18. The fourth-order valence-corrected chi connectivity index (χ4v) is 4.19. The number of amides is 2. The first-order valence-electron chi connectivity index (χ1n) is 12.2. The molecule has 1 spiro atoms. The van der Waals surface area contributed by atoms with Crippen LogP contribution in [0.3, 0.4) is 0 Å². The van der Waals surface area contributed by atoms with Crippen molar-refractivity contribution in [2.45, 2.75) is 55.7 Å². The van der Waals surface area contributed by atoms with E-state index in [9.17, 15) is 39.6 Å². The van der Waals surface area contributed by atoms with Crippen molar-refractivity contribution in [2.24, 2.45) is 0 Å². The van der Waals surface area contributed by atoms with E-state index in [2.05, 4.69) is 15.4 Å². The SMILES string of the molecule is O=C(O)CCC(=O)OC[C@@H](O)[C@@H](O)[C@H](O)[C@@H](O)CNC(=O)c1ccc(N2CC3(CCNCC3)OC2=O)cc1. The minimum Gasteiger partial charge on any atom is -0.481 e. The normalized spacial score (nSPS) is 19.8. The summed E-state index contributed by atoms with van der Waals surface area (Å²) in [4.78, 5) is 48.2. The van der Waals surface area contributed by atoms with Crippen LogP contribution in [0.1, 0.15) is 36.0 Å². The zero-order valence-electron chi connectivity index (χ0n) is 20.6. The van der Waals surface area contributed by atoms with Crippen LogP contribution in [0.4, 0.5) is 10.5 Å². The smallest absolute Gasteiger partial charge is 0.415 e. The summed E-state index contributed by atoms with van der Waals surface area (Å²) in [5.41, 5.74) is 0.266. The van der Waals surface area contributed by atoms with Crippen LogP contribution in [0.15, 0.2) is 24.3 Å². The van der Waals surface area contributed by atoms with Gasteiger partial charge in [0.25, 0.3) is 5.91 Å². The van der Waals surface area contributed by atoms with Crippen LogP contribution in [0.5, 0.6) is 0 Å². The van der Waals surface area contributed by atoms with Crippen LogP contribution >= 0.6 is 0 Å². The van der Waals surface area contributed by atoms with E-state index in [1.165, 1.54) is 17.0 Å². The van der Waals surface area contributed by atoms with Crippen LogP contribution in [-0.4, -0.2) is 112 Å². The molecule has 0 saturated carbocycles. The molecule has 0 unspecified atom stereocenters. The van der Waals surface area contributed by atoms with Crippen LogP contribution in [0, 0.1) is 0 Å². The number of carboxylic acids is 1. The Morgan fingerprint density at radius 3 is 2.29 bits per heavy atom. The molecule has 2 aliphatic rings. The van der Waals surface area contributed by atoms with Crippen LogP contribution in [0.25, 0.3) is 0 Å². The Kier molecular flexibility index (Phi) is 9.99. The highest BCUT2D eigenvalue weighted by atomic mass is 16.6. The summed E-state index contributed by atoms with van der Waals surface area (Å²) in [6.45, 7) is 0.736. The van der Waals surface area contributed by atoms with Gasteiger partial charge in [0.1, 0.15) is 30.5 Å². The number of aliphatic carboxylic acids is 1. The minimum absolute atomic E-state index is 0.216. The lowest BCUT2D eigenvalue weighted by Crippen LogP contribution is -2.50. The molecule has 0 aliphatic carbocycles. The van der Waals surface area contributed by atoms with E-state index >= 15 is 0 Å². The number of carbonyl (C=O) groups excluding carboxylic acids is 3. The van der Waals surface area contributed by atoms with Gasteiger partial charge >= 0.3 is 18.0 Å². The lowest BCUT2D eigenvalue weighted by molar-refractivity contribution is -0.156. The van der Waals surface area contributed by atoms with E-state index in [0.717, 1.165) is 13.1 Å². The molecule has 2 aliphatic heterocycles. The number of nitrogens with one attached hydrogen (secondary N) is 2. The number of aliphatic hydroxyl groups excluding tert-OH is 4. The van der Waals surface area contributed by atoms with Gasteiger partial charge in [0.2, 0.25) is 0 Å². The van der Waals surface area contributed by atoms with Gasteiger partial charge in [0.15, 0.2) is 0 Å². The number of piperidine rings is 1. The molecular weight excluding hydrogens is 506 g/mol. The van der Waals surface area contributed by atoms with Crippen molar-refractivity contribution in [3.63, 3.8) is 0 Å². The van der Waals surface area contributed by atoms with Gasteiger partial charge in [-0.25, -0.2) is 4.79 Å². The van der Waals surface area contributed by atoms with Gasteiger partial charge in [-0.3, -0.25) is 19.3 Å². The molecule has 3 rings (SSSR count). The molecule has 2 fully saturated rings. The summed E-state index contributed by atoms with van der Waals surface area (Å²) in [7, 11) is 0. The van der Waals surface area contributed by atoms with Crippen molar-refractivity contribution < 1.29 is 54.2 Å². The quantitative estimate of drug-likeness (QED) is 0.149. The molecule has 2 heterocycles. The van der Waals surface area contributed by atoms with Crippen molar-refractivity contribution in [1.29, 1.82) is 0 Å². The highest BCUT2D eigenvalue weighted by molar-refractivity contribution is 5.96. The van der Waals surface area contributed by atoms with Crippen molar-refractivity contribution >= 4 is 29.6 Å². The monoisotopic (exact) mass is 539 g/mol. The van der Waals surface area contributed by atoms with Crippen LogP contribution < -0.4 is 15.5 Å². The first kappa shape index (κ1) is 29.3. The van der Waals surface area contributed by atoms with E-state index < -0.39 is 79.9 Å². The number of carbonyl (C=O) groups is 4. The minimum atomic E-state index is -1.92. The maximum absolute atomic E-state index is 12.5. The van der Waals surface area contributed by atoms with Gasteiger partial charge in [-0.05, 0) is 37.4 Å². The van der Waals surface area contributed by atoms with E-state index in [4.69, 9.17) is 9.84 Å². The van der Waals surface area contributed by atoms with Crippen molar-refractivity contribution in [2.75, 3.05) is 37.7 Å². The molecule has 0 aromatic heterocycles. The third-order valence-electron chi connectivity index (χ3n) is 6.49. The Labute approximate surface area is 218 Å². The number of anilines is 1. The molecule has 1 aromatic carbocycles. The Bertz CT molecular complexity index is 997. The average molecular weight is 540 g/mol. The number of hydrogen-bond donors (Lipinski definition) is 7. The van der Waals surface area contributed by atoms with Gasteiger partial charge in [-0.15, -0.1) is 0 Å². The molecule has 14 heteroatoms. The number of ether oxygens (including phenoxy) is 2. The molecule has 0 bridgehead atoms. The lowest BCUT2D eigenvalue weighted by Gasteiger charge is -2.31. The third kappa shape index (κ3) is 7.61. The fraction of sp³-hybridized carbons (Fsp3) is 0.583. The van der Waals surface area contributed by atoms with Gasteiger partial charge in [-0.2, -0.15) is 0 Å². The number of esters is 1. The van der Waals surface area contributed by atoms with E-state index in [1.54, 1.807) is 12.1 Å². The molecule has 14 nitrogen and oxygen atoms in total. The fourth-order valence-electron chi connectivity index (χ4n) is 4.19. The van der Waals surface area contributed by atoms with Gasteiger partial charge < -0.3 is 45.6 Å². The maximum Gasteiger partial charge on any atom is 0.415 e. The zero-order valence-corrected chi connectivity index (χ0v) is 20.6. The Morgan fingerprint density at radius 2 is 1.66 bits per heavy atom. The summed E-state index contributed by atoms with van der Waals surface area (Å²) in [5.74, 6) is -2.72. The van der Waals surface area contributed by atoms with Crippen LogP contribution in [0.2, 0.25) is 0 Å². The summed E-state index contributed by atoms with van der Waals surface area (Å²) < 4.78 is 10.3. The molecule has 2 amide bonds. The van der Waals surface area contributed by atoms with Crippen LogP contribution in [-0.2, 0) is 19.1 Å². The lowest BCUT2D eigenvalue weighted by atomic mass is 9.92. The predicted octanol–water partition coefficient (Wildman–Crippen LogP) is -1.65. The van der Waals surface area contributed by atoms with E-state index in [1.807, 2.05) is 0 Å². The molecule has 1 aromatic rings. The van der Waals surface area contributed by atoms with Gasteiger partial charge in [0, 0.05) is 30.6 Å². The first-order chi connectivity index (χ1) is 18.0. The maximum atomic E-state index is 12.5. The number of nitrogens with zero attached hydrogens (tertiary/aromatic N) is 1. The molecule has 210 valence electrons. The summed E-state index contributed by atoms with van der Waals surface area (Å²) in [6.07, 6.45) is -7.17. The number of benzene rings is 1. The zero-order chi connectivity index (χ0) is 27.9.